The van der Waals surface area contributed by atoms with Crippen LogP contribution in [0.5, 0.6) is 0 Å². The highest BCUT2D eigenvalue weighted by Gasteiger charge is 2.43. The highest BCUT2D eigenvalue weighted by molar-refractivity contribution is 5.61. The molecule has 0 saturated heterocycles. The van der Waals surface area contributed by atoms with Gasteiger partial charge in [-0.05, 0) is 38.5 Å². The molecule has 1 heteroatoms. The van der Waals surface area contributed by atoms with Crippen LogP contribution in [0.4, 0.5) is 0 Å². The second kappa shape index (κ2) is 2.72. The lowest BCUT2D eigenvalue weighted by molar-refractivity contribution is -0.118. The first kappa shape index (κ1) is 8.03. The highest BCUT2D eigenvalue weighted by Crippen LogP contribution is 2.50. The quantitative estimate of drug-likeness (QED) is 0.430. The number of allylic oxidation sites excluding steroid dienone is 2. The molecular weight excluding hydrogens is 148 g/mol. The topological polar surface area (TPSA) is 17.1 Å². The Morgan fingerprint density at radius 2 is 2.50 bits per heavy atom. The van der Waals surface area contributed by atoms with Gasteiger partial charge in [-0.1, -0.05) is 18.1 Å². The van der Waals surface area contributed by atoms with Crippen LogP contribution in [0, 0.1) is 11.3 Å². The lowest BCUT2D eigenvalue weighted by Gasteiger charge is -2.33. The summed E-state index contributed by atoms with van der Waals surface area (Å²) in [4.78, 5) is 11.0. The number of rotatable bonds is 1. The van der Waals surface area contributed by atoms with E-state index in [2.05, 4.69) is 13.0 Å². The fraction of sp³-hybridized carbons (Fsp3) is 0.727. The molecule has 0 spiro atoms. The molecular formula is C11H16O. The fourth-order valence-corrected chi connectivity index (χ4v) is 2.78. The van der Waals surface area contributed by atoms with Gasteiger partial charge in [-0.3, -0.25) is 0 Å². The second-order valence-corrected chi connectivity index (χ2v) is 4.40. The number of carbonyl (C=O) groups is 1. The van der Waals surface area contributed by atoms with Crippen molar-refractivity contribution in [1.82, 2.24) is 0 Å². The zero-order valence-corrected chi connectivity index (χ0v) is 7.68. The minimum Gasteiger partial charge on any atom is -0.303 e. The Morgan fingerprint density at radius 1 is 1.67 bits per heavy atom. The average Bonchev–Trinajstić information content (AvgIpc) is 2.48. The van der Waals surface area contributed by atoms with E-state index in [1.165, 1.54) is 31.1 Å². The van der Waals surface area contributed by atoms with Crippen LogP contribution in [-0.2, 0) is 4.79 Å². The van der Waals surface area contributed by atoms with Gasteiger partial charge in [0.15, 0.2) is 0 Å². The molecule has 1 nitrogen and oxygen atoms in total. The van der Waals surface area contributed by atoms with Crippen molar-refractivity contribution in [3.8, 4) is 0 Å². The molecule has 0 aromatic heterocycles. The molecule has 1 saturated carbocycles. The van der Waals surface area contributed by atoms with Crippen molar-refractivity contribution < 1.29 is 4.79 Å². The standard InChI is InChI=1S/C11H16O/c1-9-4-6-11(8-12)5-2-3-10(11)7-9/h4,8,10H,2-3,5-7H2,1H3/t10-,11+/m0/s1. The van der Waals surface area contributed by atoms with E-state index in [0.717, 1.165) is 12.8 Å². The third-order valence-electron chi connectivity index (χ3n) is 3.64. The summed E-state index contributed by atoms with van der Waals surface area (Å²) in [6, 6.07) is 0. The van der Waals surface area contributed by atoms with Crippen molar-refractivity contribution in [2.45, 2.75) is 39.0 Å². The van der Waals surface area contributed by atoms with Crippen LogP contribution in [-0.4, -0.2) is 6.29 Å². The van der Waals surface area contributed by atoms with Crippen LogP contribution in [0.3, 0.4) is 0 Å². The molecule has 0 radical (unpaired) electrons. The highest BCUT2D eigenvalue weighted by atomic mass is 16.1. The van der Waals surface area contributed by atoms with Crippen molar-refractivity contribution in [3.05, 3.63) is 11.6 Å². The predicted molar refractivity (Wildman–Crippen MR) is 48.8 cm³/mol. The monoisotopic (exact) mass is 164 g/mol. The maximum absolute atomic E-state index is 11.0. The zero-order valence-electron chi connectivity index (χ0n) is 7.68. The van der Waals surface area contributed by atoms with E-state index in [1.807, 2.05) is 0 Å². The number of carbonyl (C=O) groups excluding carboxylic acids is 1. The maximum Gasteiger partial charge on any atom is 0.126 e. The van der Waals surface area contributed by atoms with Crippen LogP contribution in [0.25, 0.3) is 0 Å². The van der Waals surface area contributed by atoms with Crippen LogP contribution < -0.4 is 0 Å². The predicted octanol–water partition coefficient (Wildman–Crippen LogP) is 2.71. The molecule has 0 bridgehead atoms. The van der Waals surface area contributed by atoms with Crippen LogP contribution >= 0.6 is 0 Å². The Balaban J connectivity index is 2.26. The largest absolute Gasteiger partial charge is 0.303 e. The molecule has 0 aliphatic heterocycles. The molecule has 0 N–H and O–H groups in total. The third-order valence-corrected chi connectivity index (χ3v) is 3.64. The maximum atomic E-state index is 11.0. The molecule has 0 heterocycles. The first-order valence-electron chi connectivity index (χ1n) is 4.89. The van der Waals surface area contributed by atoms with E-state index in [-0.39, 0.29) is 5.41 Å². The average molecular weight is 164 g/mol. The Morgan fingerprint density at radius 3 is 3.25 bits per heavy atom. The molecule has 1 fully saturated rings. The van der Waals surface area contributed by atoms with Gasteiger partial charge in [-0.15, -0.1) is 0 Å². The van der Waals surface area contributed by atoms with Crippen molar-refractivity contribution >= 4 is 6.29 Å². The van der Waals surface area contributed by atoms with E-state index in [9.17, 15) is 4.79 Å². The Kier molecular flexibility index (Phi) is 1.82. The van der Waals surface area contributed by atoms with E-state index in [1.54, 1.807) is 0 Å². The van der Waals surface area contributed by atoms with Crippen molar-refractivity contribution in [2.24, 2.45) is 11.3 Å². The fourth-order valence-electron chi connectivity index (χ4n) is 2.78. The third kappa shape index (κ3) is 1.03. The van der Waals surface area contributed by atoms with Gasteiger partial charge < -0.3 is 4.79 Å². The Bertz CT molecular complexity index is 229. The molecule has 2 rings (SSSR count). The van der Waals surface area contributed by atoms with E-state index < -0.39 is 0 Å². The van der Waals surface area contributed by atoms with E-state index in [4.69, 9.17) is 0 Å². The normalized spacial score (nSPS) is 40.4. The molecule has 0 amide bonds. The summed E-state index contributed by atoms with van der Waals surface area (Å²) >= 11 is 0. The van der Waals surface area contributed by atoms with Gasteiger partial charge in [0.1, 0.15) is 6.29 Å². The SMILES string of the molecule is CC1=CC[C@@]2(C=O)CCC[C@H]2C1. The Labute approximate surface area is 73.8 Å². The summed E-state index contributed by atoms with van der Waals surface area (Å²) in [7, 11) is 0. The lowest BCUT2D eigenvalue weighted by atomic mass is 9.70. The smallest absolute Gasteiger partial charge is 0.126 e. The number of hydrogen-bond donors (Lipinski definition) is 0. The zero-order chi connectivity index (χ0) is 8.60. The van der Waals surface area contributed by atoms with Crippen LogP contribution in [0.15, 0.2) is 11.6 Å². The van der Waals surface area contributed by atoms with Gasteiger partial charge in [0.25, 0.3) is 0 Å². The lowest BCUT2D eigenvalue weighted by Crippen LogP contribution is -2.29. The van der Waals surface area contributed by atoms with Gasteiger partial charge in [0.05, 0.1) is 0 Å². The van der Waals surface area contributed by atoms with Gasteiger partial charge in [-0.2, -0.15) is 0 Å². The molecule has 12 heavy (non-hydrogen) atoms. The van der Waals surface area contributed by atoms with Gasteiger partial charge >= 0.3 is 0 Å². The Hall–Kier alpha value is -0.590. The minimum atomic E-state index is 0.0551. The molecule has 2 aliphatic carbocycles. The summed E-state index contributed by atoms with van der Waals surface area (Å²) in [6.45, 7) is 2.19. The van der Waals surface area contributed by atoms with Gasteiger partial charge in [0.2, 0.25) is 0 Å². The molecule has 2 atom stereocenters. The summed E-state index contributed by atoms with van der Waals surface area (Å²) in [6.07, 6.45) is 9.31. The molecule has 0 aromatic rings. The first-order chi connectivity index (χ1) is 5.77. The molecule has 66 valence electrons. The van der Waals surface area contributed by atoms with Crippen molar-refractivity contribution in [1.29, 1.82) is 0 Å². The van der Waals surface area contributed by atoms with Crippen LogP contribution in [0.2, 0.25) is 0 Å². The first-order valence-corrected chi connectivity index (χ1v) is 4.89. The molecule has 2 aliphatic rings. The molecule has 0 unspecified atom stereocenters. The minimum absolute atomic E-state index is 0.0551. The summed E-state index contributed by atoms with van der Waals surface area (Å²) < 4.78 is 0. The van der Waals surface area contributed by atoms with E-state index >= 15 is 0 Å². The van der Waals surface area contributed by atoms with Crippen LogP contribution in [0.1, 0.15) is 39.0 Å². The second-order valence-electron chi connectivity index (χ2n) is 4.40. The van der Waals surface area contributed by atoms with Crippen molar-refractivity contribution in [2.75, 3.05) is 0 Å². The summed E-state index contributed by atoms with van der Waals surface area (Å²) in [5.74, 6) is 0.667. The number of fused-ring (bicyclic) bond motifs is 1. The van der Waals surface area contributed by atoms with E-state index in [0.29, 0.717) is 5.92 Å². The van der Waals surface area contributed by atoms with Gasteiger partial charge in [-0.25, -0.2) is 0 Å². The van der Waals surface area contributed by atoms with Gasteiger partial charge in [0, 0.05) is 5.41 Å². The number of hydrogen-bond acceptors (Lipinski definition) is 1. The molecule has 0 aromatic carbocycles. The summed E-state index contributed by atoms with van der Waals surface area (Å²) in [5, 5.41) is 0. The van der Waals surface area contributed by atoms with Crippen molar-refractivity contribution in [3.63, 3.8) is 0 Å². The summed E-state index contributed by atoms with van der Waals surface area (Å²) in [5.41, 5.74) is 1.54. The number of aldehydes is 1.